The van der Waals surface area contributed by atoms with Crippen LogP contribution in [0, 0.1) is 0 Å². The summed E-state index contributed by atoms with van der Waals surface area (Å²) in [6, 6.07) is 6.42. The zero-order valence-electron chi connectivity index (χ0n) is 9.76. The molecular weight excluding hydrogens is 264 g/mol. The molecule has 3 heteroatoms. The third-order valence-electron chi connectivity index (χ3n) is 2.92. The van der Waals surface area contributed by atoms with Gasteiger partial charge in [-0.05, 0) is 54.5 Å². The predicted molar refractivity (Wildman–Crippen MR) is 72.9 cm³/mol. The lowest BCUT2D eigenvalue weighted by atomic mass is 10.1. The summed E-state index contributed by atoms with van der Waals surface area (Å²) in [5, 5.41) is 4.57. The fourth-order valence-corrected chi connectivity index (χ4v) is 2.69. The molecule has 1 N–H and O–H groups in total. The molecule has 0 amide bonds. The van der Waals surface area contributed by atoms with Crippen LogP contribution in [0.1, 0.15) is 12.5 Å². The highest BCUT2D eigenvalue weighted by Crippen LogP contribution is 2.28. The number of hydrogen-bond donors (Lipinski definition) is 1. The van der Waals surface area contributed by atoms with Crippen molar-refractivity contribution in [2.45, 2.75) is 19.9 Å². The van der Waals surface area contributed by atoms with Gasteiger partial charge in [-0.2, -0.15) is 0 Å². The maximum Gasteiger partial charge on any atom is 0.0627 e. The molecule has 0 saturated carbocycles. The molecule has 16 heavy (non-hydrogen) atoms. The Bertz CT molecular complexity index is 488. The van der Waals surface area contributed by atoms with Gasteiger partial charge < -0.3 is 9.88 Å². The highest BCUT2D eigenvalue weighted by molar-refractivity contribution is 9.10. The molecule has 0 atom stereocenters. The molecule has 2 aromatic rings. The first-order valence-corrected chi connectivity index (χ1v) is 6.48. The van der Waals surface area contributed by atoms with Crippen LogP contribution < -0.4 is 5.32 Å². The first-order chi connectivity index (χ1) is 7.77. The largest absolute Gasteiger partial charge is 0.347 e. The third kappa shape index (κ3) is 2.02. The molecule has 0 spiro atoms. The summed E-state index contributed by atoms with van der Waals surface area (Å²) in [7, 11) is 1.99. The number of fused-ring (bicyclic) bond motifs is 1. The normalized spacial score (nSPS) is 11.2. The molecule has 0 fully saturated rings. The Labute approximate surface area is 105 Å². The van der Waals surface area contributed by atoms with Gasteiger partial charge in [0.1, 0.15) is 0 Å². The van der Waals surface area contributed by atoms with E-state index in [1.54, 1.807) is 0 Å². The molecule has 0 aliphatic heterocycles. The van der Waals surface area contributed by atoms with Crippen molar-refractivity contribution < 1.29 is 0 Å². The zero-order valence-corrected chi connectivity index (χ0v) is 11.3. The second-order valence-corrected chi connectivity index (χ2v) is 4.78. The Kier molecular flexibility index (Phi) is 3.66. The highest BCUT2D eigenvalue weighted by Gasteiger charge is 2.09. The SMILES string of the molecule is CCn1cc(CCNC)c2cccc(Br)c21. The lowest BCUT2D eigenvalue weighted by Gasteiger charge is -2.01. The summed E-state index contributed by atoms with van der Waals surface area (Å²) in [5.41, 5.74) is 2.74. The van der Waals surface area contributed by atoms with Gasteiger partial charge in [0, 0.05) is 22.6 Å². The van der Waals surface area contributed by atoms with E-state index >= 15 is 0 Å². The second kappa shape index (κ2) is 5.02. The van der Waals surface area contributed by atoms with Crippen molar-refractivity contribution in [3.05, 3.63) is 34.4 Å². The van der Waals surface area contributed by atoms with E-state index in [1.807, 2.05) is 7.05 Å². The van der Waals surface area contributed by atoms with E-state index in [4.69, 9.17) is 0 Å². The van der Waals surface area contributed by atoms with Crippen LogP contribution in [0.3, 0.4) is 0 Å². The van der Waals surface area contributed by atoms with Crippen molar-refractivity contribution in [1.82, 2.24) is 9.88 Å². The van der Waals surface area contributed by atoms with Crippen molar-refractivity contribution in [1.29, 1.82) is 0 Å². The van der Waals surface area contributed by atoms with Crippen LogP contribution in [0.25, 0.3) is 10.9 Å². The van der Waals surface area contributed by atoms with Gasteiger partial charge in [0.15, 0.2) is 0 Å². The molecule has 1 aromatic carbocycles. The molecule has 1 aromatic heterocycles. The molecule has 2 rings (SSSR count). The first kappa shape index (κ1) is 11.7. The average Bonchev–Trinajstić information content (AvgIpc) is 2.66. The summed E-state index contributed by atoms with van der Waals surface area (Å²) in [4.78, 5) is 0. The smallest absolute Gasteiger partial charge is 0.0627 e. The summed E-state index contributed by atoms with van der Waals surface area (Å²) < 4.78 is 3.49. The monoisotopic (exact) mass is 280 g/mol. The first-order valence-electron chi connectivity index (χ1n) is 5.68. The minimum absolute atomic E-state index is 1.01. The molecule has 1 heterocycles. The van der Waals surface area contributed by atoms with Gasteiger partial charge >= 0.3 is 0 Å². The average molecular weight is 281 g/mol. The minimum Gasteiger partial charge on any atom is -0.347 e. The molecular formula is C13H17BrN2. The lowest BCUT2D eigenvalue weighted by Crippen LogP contribution is -2.09. The van der Waals surface area contributed by atoms with Gasteiger partial charge in [0.05, 0.1) is 5.52 Å². The standard InChI is InChI=1S/C13H17BrN2/c1-3-16-9-10(7-8-15-2)11-5-4-6-12(14)13(11)16/h4-6,9,15H,3,7-8H2,1-2H3. The number of rotatable bonds is 4. The fraction of sp³-hybridized carbons (Fsp3) is 0.385. The molecule has 0 radical (unpaired) electrons. The summed E-state index contributed by atoms with van der Waals surface area (Å²) in [6.07, 6.45) is 3.35. The molecule has 2 nitrogen and oxygen atoms in total. The van der Waals surface area contributed by atoms with E-state index in [9.17, 15) is 0 Å². The quantitative estimate of drug-likeness (QED) is 0.910. The molecule has 0 bridgehead atoms. The highest BCUT2D eigenvalue weighted by atomic mass is 79.9. The van der Waals surface area contributed by atoms with Crippen LogP contribution in [0.4, 0.5) is 0 Å². The number of benzene rings is 1. The van der Waals surface area contributed by atoms with Crippen LogP contribution in [-0.2, 0) is 13.0 Å². The topological polar surface area (TPSA) is 17.0 Å². The van der Waals surface area contributed by atoms with Crippen LogP contribution in [0.5, 0.6) is 0 Å². The van der Waals surface area contributed by atoms with Gasteiger partial charge in [-0.15, -0.1) is 0 Å². The molecule has 0 aliphatic rings. The number of nitrogens with zero attached hydrogens (tertiary/aromatic N) is 1. The van der Waals surface area contributed by atoms with E-state index in [0.717, 1.165) is 19.5 Å². The molecule has 0 aliphatic carbocycles. The number of nitrogens with one attached hydrogen (secondary N) is 1. The van der Waals surface area contributed by atoms with Crippen LogP contribution in [0.2, 0.25) is 0 Å². The van der Waals surface area contributed by atoms with E-state index in [-0.39, 0.29) is 0 Å². The van der Waals surface area contributed by atoms with Crippen molar-refractivity contribution in [3.63, 3.8) is 0 Å². The number of halogens is 1. The lowest BCUT2D eigenvalue weighted by molar-refractivity contribution is 0.770. The molecule has 0 unspecified atom stereocenters. The summed E-state index contributed by atoms with van der Waals surface area (Å²) in [6.45, 7) is 4.22. The Hall–Kier alpha value is -0.800. The van der Waals surface area contributed by atoms with Crippen molar-refractivity contribution >= 4 is 26.8 Å². The zero-order chi connectivity index (χ0) is 11.5. The van der Waals surface area contributed by atoms with Gasteiger partial charge in [-0.1, -0.05) is 12.1 Å². The predicted octanol–water partition coefficient (Wildman–Crippen LogP) is 3.19. The Morgan fingerprint density at radius 1 is 1.38 bits per heavy atom. The summed E-state index contributed by atoms with van der Waals surface area (Å²) in [5.74, 6) is 0. The van der Waals surface area contributed by atoms with Gasteiger partial charge in [0.25, 0.3) is 0 Å². The van der Waals surface area contributed by atoms with E-state index in [2.05, 4.69) is 57.1 Å². The van der Waals surface area contributed by atoms with Crippen LogP contribution in [0.15, 0.2) is 28.9 Å². The number of likely N-dealkylation sites (N-methyl/N-ethyl adjacent to an activating group) is 1. The number of aromatic nitrogens is 1. The maximum atomic E-state index is 3.63. The number of hydrogen-bond acceptors (Lipinski definition) is 1. The molecule has 0 saturated heterocycles. The minimum atomic E-state index is 1.01. The third-order valence-corrected chi connectivity index (χ3v) is 3.56. The number of aryl methyl sites for hydroxylation is 1. The van der Waals surface area contributed by atoms with Crippen LogP contribution in [-0.4, -0.2) is 18.2 Å². The Morgan fingerprint density at radius 3 is 2.88 bits per heavy atom. The molecule has 86 valence electrons. The van der Waals surface area contributed by atoms with E-state index in [1.165, 1.54) is 20.9 Å². The van der Waals surface area contributed by atoms with Gasteiger partial charge in [0.2, 0.25) is 0 Å². The van der Waals surface area contributed by atoms with Crippen molar-refractivity contribution in [3.8, 4) is 0 Å². The fourth-order valence-electron chi connectivity index (χ4n) is 2.10. The van der Waals surface area contributed by atoms with Crippen LogP contribution >= 0.6 is 15.9 Å². The number of para-hydroxylation sites is 1. The Morgan fingerprint density at radius 2 is 2.19 bits per heavy atom. The Balaban J connectivity index is 2.54. The maximum absolute atomic E-state index is 3.63. The second-order valence-electron chi connectivity index (χ2n) is 3.93. The van der Waals surface area contributed by atoms with Gasteiger partial charge in [-0.25, -0.2) is 0 Å². The summed E-state index contributed by atoms with van der Waals surface area (Å²) >= 11 is 3.63. The van der Waals surface area contributed by atoms with Crippen molar-refractivity contribution in [2.24, 2.45) is 0 Å². The van der Waals surface area contributed by atoms with E-state index in [0.29, 0.717) is 0 Å². The van der Waals surface area contributed by atoms with Gasteiger partial charge in [-0.3, -0.25) is 0 Å². The van der Waals surface area contributed by atoms with Crippen molar-refractivity contribution in [2.75, 3.05) is 13.6 Å². The van der Waals surface area contributed by atoms with E-state index < -0.39 is 0 Å².